The zero-order chi connectivity index (χ0) is 21.4. The number of ether oxygens (including phenoxy) is 1. The monoisotopic (exact) mass is 445 g/mol. The Balaban J connectivity index is 1.55. The van der Waals surface area contributed by atoms with Gasteiger partial charge in [-0.25, -0.2) is 0 Å². The van der Waals surface area contributed by atoms with E-state index in [-0.39, 0.29) is 30.5 Å². The fourth-order valence-corrected chi connectivity index (χ4v) is 4.99. The highest BCUT2D eigenvalue weighted by Gasteiger charge is 2.38. The average Bonchev–Trinajstić information content (AvgIpc) is 3.35. The van der Waals surface area contributed by atoms with E-state index in [1.54, 1.807) is 13.1 Å². The maximum atomic E-state index is 12.9. The number of halogens is 1. The van der Waals surface area contributed by atoms with Crippen LogP contribution in [-0.4, -0.2) is 47.4 Å². The highest BCUT2D eigenvalue weighted by Crippen LogP contribution is 2.36. The maximum Gasteiger partial charge on any atom is 0.303 e. The van der Waals surface area contributed by atoms with Crippen molar-refractivity contribution in [1.82, 2.24) is 15.2 Å². The summed E-state index contributed by atoms with van der Waals surface area (Å²) in [6, 6.07) is 10.7. The number of nitrogens with zero attached hydrogens (tertiary/aromatic N) is 1. The van der Waals surface area contributed by atoms with Crippen LogP contribution in [0.2, 0.25) is 4.34 Å². The van der Waals surface area contributed by atoms with Crippen molar-refractivity contribution in [3.05, 3.63) is 57.6 Å². The van der Waals surface area contributed by atoms with E-state index in [9.17, 15) is 14.4 Å². The number of fused-ring (bicyclic) bond motifs is 2. The van der Waals surface area contributed by atoms with E-state index < -0.39 is 5.97 Å². The molecule has 1 aliphatic rings. The summed E-state index contributed by atoms with van der Waals surface area (Å²) in [4.78, 5) is 42.0. The molecule has 3 aromatic rings. The Morgan fingerprint density at radius 1 is 1.30 bits per heavy atom. The third-order valence-electron chi connectivity index (χ3n) is 5.24. The SMILES string of the molecule is CC(=O)OCC(=O)N(C)[C@@H]1c2ccccc2C[C@H]1NC(=O)c1cc2cc(Cl)sc2[nH]1. The number of hydrogen-bond acceptors (Lipinski definition) is 5. The first-order valence-corrected chi connectivity index (χ1v) is 10.6. The molecule has 0 saturated heterocycles. The van der Waals surface area contributed by atoms with E-state index in [0.717, 1.165) is 21.3 Å². The molecular weight excluding hydrogens is 426 g/mol. The van der Waals surface area contributed by atoms with Gasteiger partial charge >= 0.3 is 5.97 Å². The molecule has 0 radical (unpaired) electrons. The fraction of sp³-hybridized carbons (Fsp3) is 0.286. The lowest BCUT2D eigenvalue weighted by Gasteiger charge is -2.31. The normalized spacial score (nSPS) is 17.6. The lowest BCUT2D eigenvalue weighted by molar-refractivity contribution is -0.150. The summed E-state index contributed by atoms with van der Waals surface area (Å²) in [5.41, 5.74) is 2.48. The molecule has 0 aliphatic heterocycles. The smallest absolute Gasteiger partial charge is 0.303 e. The molecule has 9 heteroatoms. The number of rotatable bonds is 5. The number of thiophene rings is 1. The largest absolute Gasteiger partial charge is 0.456 e. The Labute approximate surface area is 182 Å². The number of aromatic amines is 1. The van der Waals surface area contributed by atoms with Gasteiger partial charge in [0.05, 0.1) is 16.4 Å². The van der Waals surface area contributed by atoms with E-state index >= 15 is 0 Å². The van der Waals surface area contributed by atoms with Crippen molar-refractivity contribution in [2.24, 2.45) is 0 Å². The van der Waals surface area contributed by atoms with Crippen LogP contribution in [0.3, 0.4) is 0 Å². The summed E-state index contributed by atoms with van der Waals surface area (Å²) in [6.07, 6.45) is 0.596. The third kappa shape index (κ3) is 3.93. The standard InChI is InChI=1S/C21H20ClN3O4S/c1-11(26)29-10-18(27)25(2)19-14-6-4-3-5-12(14)7-15(19)23-20(28)16-8-13-9-17(22)30-21(13)24-16/h3-6,8-9,15,19,24H,7,10H2,1-2H3,(H,23,28)/t15-,19-/m1/s1. The van der Waals surface area contributed by atoms with E-state index in [1.165, 1.54) is 23.2 Å². The van der Waals surface area contributed by atoms with Gasteiger partial charge in [-0.15, -0.1) is 11.3 Å². The molecule has 2 amide bonds. The van der Waals surface area contributed by atoms with Crippen molar-refractivity contribution >= 4 is 50.9 Å². The molecule has 2 atom stereocenters. The first-order valence-electron chi connectivity index (χ1n) is 9.39. The van der Waals surface area contributed by atoms with Crippen LogP contribution >= 0.6 is 22.9 Å². The molecule has 0 fully saturated rings. The molecular formula is C21H20ClN3O4S. The van der Waals surface area contributed by atoms with Gasteiger partial charge in [-0.05, 0) is 29.7 Å². The van der Waals surface area contributed by atoms with Crippen LogP contribution in [0.5, 0.6) is 0 Å². The van der Waals surface area contributed by atoms with Gasteiger partial charge in [-0.3, -0.25) is 14.4 Å². The second-order valence-corrected chi connectivity index (χ2v) is 8.91. The van der Waals surface area contributed by atoms with E-state index in [4.69, 9.17) is 16.3 Å². The van der Waals surface area contributed by atoms with Gasteiger partial charge < -0.3 is 19.9 Å². The molecule has 30 heavy (non-hydrogen) atoms. The summed E-state index contributed by atoms with van der Waals surface area (Å²) < 4.78 is 5.52. The molecule has 2 aromatic heterocycles. The summed E-state index contributed by atoms with van der Waals surface area (Å²) in [5, 5.41) is 3.94. The van der Waals surface area contributed by atoms with Gasteiger partial charge in [0.25, 0.3) is 11.8 Å². The molecule has 4 rings (SSSR count). The van der Waals surface area contributed by atoms with Crippen LogP contribution in [0.15, 0.2) is 36.4 Å². The number of nitrogens with one attached hydrogen (secondary N) is 2. The Kier molecular flexibility index (Phi) is 5.53. The van der Waals surface area contributed by atoms with Gasteiger partial charge in [0.15, 0.2) is 6.61 Å². The average molecular weight is 446 g/mol. The van der Waals surface area contributed by atoms with Crippen molar-refractivity contribution in [3.63, 3.8) is 0 Å². The summed E-state index contributed by atoms with van der Waals surface area (Å²) >= 11 is 7.38. The van der Waals surface area contributed by atoms with Crippen LogP contribution in [0.25, 0.3) is 10.2 Å². The van der Waals surface area contributed by atoms with Crippen molar-refractivity contribution in [1.29, 1.82) is 0 Å². The number of amides is 2. The van der Waals surface area contributed by atoms with Crippen LogP contribution in [0.1, 0.15) is 34.6 Å². The first-order chi connectivity index (χ1) is 14.3. The second kappa shape index (κ2) is 8.12. The predicted molar refractivity (Wildman–Crippen MR) is 115 cm³/mol. The first kappa shape index (κ1) is 20.4. The van der Waals surface area contributed by atoms with E-state index in [2.05, 4.69) is 10.3 Å². The molecule has 2 heterocycles. The number of aromatic nitrogens is 1. The van der Waals surface area contributed by atoms with Gasteiger partial charge in [0.1, 0.15) is 10.5 Å². The number of H-pyrrole nitrogens is 1. The minimum Gasteiger partial charge on any atom is -0.456 e. The number of carbonyl (C=O) groups is 3. The van der Waals surface area contributed by atoms with Crippen LogP contribution in [0, 0.1) is 0 Å². The van der Waals surface area contributed by atoms with E-state index in [0.29, 0.717) is 16.5 Å². The van der Waals surface area contributed by atoms with Gasteiger partial charge in [-0.1, -0.05) is 35.9 Å². The number of hydrogen-bond donors (Lipinski definition) is 2. The predicted octanol–water partition coefficient (Wildman–Crippen LogP) is 3.30. The van der Waals surface area contributed by atoms with E-state index in [1.807, 2.05) is 30.3 Å². The highest BCUT2D eigenvalue weighted by atomic mass is 35.5. The molecule has 156 valence electrons. The quantitative estimate of drug-likeness (QED) is 0.589. The maximum absolute atomic E-state index is 12.9. The number of benzene rings is 1. The molecule has 2 N–H and O–H groups in total. The summed E-state index contributed by atoms with van der Waals surface area (Å²) in [7, 11) is 1.66. The van der Waals surface area contributed by atoms with Gasteiger partial charge in [0, 0.05) is 19.4 Å². The Morgan fingerprint density at radius 3 is 2.80 bits per heavy atom. The zero-order valence-electron chi connectivity index (χ0n) is 16.4. The fourth-order valence-electron chi connectivity index (χ4n) is 3.86. The molecule has 0 bridgehead atoms. The minimum atomic E-state index is -0.514. The van der Waals surface area contributed by atoms with Gasteiger partial charge in [-0.2, -0.15) is 0 Å². The third-order valence-corrected chi connectivity index (χ3v) is 6.44. The van der Waals surface area contributed by atoms with Crippen molar-refractivity contribution in [2.45, 2.75) is 25.4 Å². The van der Waals surface area contributed by atoms with Crippen molar-refractivity contribution in [2.75, 3.05) is 13.7 Å². The molecule has 1 aliphatic carbocycles. The van der Waals surface area contributed by atoms with Crippen LogP contribution in [-0.2, 0) is 20.7 Å². The van der Waals surface area contributed by atoms with Crippen LogP contribution in [0.4, 0.5) is 0 Å². The van der Waals surface area contributed by atoms with Crippen molar-refractivity contribution in [3.8, 4) is 0 Å². The Hall–Kier alpha value is -2.84. The lowest BCUT2D eigenvalue weighted by atomic mass is 10.1. The second-order valence-electron chi connectivity index (χ2n) is 7.23. The lowest BCUT2D eigenvalue weighted by Crippen LogP contribution is -2.46. The molecule has 1 aromatic carbocycles. The number of esters is 1. The molecule has 0 spiro atoms. The Bertz CT molecular complexity index is 1110. The van der Waals surface area contributed by atoms with Gasteiger partial charge in [0.2, 0.25) is 0 Å². The van der Waals surface area contributed by atoms with Crippen LogP contribution < -0.4 is 5.32 Å². The zero-order valence-corrected chi connectivity index (χ0v) is 18.0. The molecule has 0 saturated carbocycles. The summed E-state index contributed by atoms with van der Waals surface area (Å²) in [6.45, 7) is 0.925. The highest BCUT2D eigenvalue weighted by molar-refractivity contribution is 7.22. The number of likely N-dealkylation sites (N-methyl/N-ethyl adjacent to an activating group) is 1. The Morgan fingerprint density at radius 2 is 2.07 bits per heavy atom. The topological polar surface area (TPSA) is 91.5 Å². The molecule has 7 nitrogen and oxygen atoms in total. The minimum absolute atomic E-state index is 0.252. The number of carbonyl (C=O) groups excluding carboxylic acids is 3. The summed E-state index contributed by atoms with van der Waals surface area (Å²) in [5.74, 6) is -1.10. The van der Waals surface area contributed by atoms with Crippen molar-refractivity contribution < 1.29 is 19.1 Å². The molecule has 0 unspecified atom stereocenters.